The van der Waals surface area contributed by atoms with Gasteiger partial charge < -0.3 is 10.2 Å². The van der Waals surface area contributed by atoms with E-state index in [1.54, 1.807) is 0 Å². The molecule has 2 atom stereocenters. The number of benzene rings is 2. The number of anilines is 1. The van der Waals surface area contributed by atoms with Gasteiger partial charge in [-0.1, -0.05) is 66.9 Å². The molecule has 0 aliphatic rings. The summed E-state index contributed by atoms with van der Waals surface area (Å²) in [4.78, 5) is 28.2. The molecular weight excluding hydrogens is 509 g/mol. The van der Waals surface area contributed by atoms with E-state index in [4.69, 9.17) is 23.2 Å². The van der Waals surface area contributed by atoms with Gasteiger partial charge in [0.1, 0.15) is 12.6 Å². The third-order valence-corrected chi connectivity index (χ3v) is 7.57. The molecule has 7 nitrogen and oxygen atoms in total. The number of amides is 2. The van der Waals surface area contributed by atoms with Crippen molar-refractivity contribution >= 4 is 50.7 Å². The van der Waals surface area contributed by atoms with Gasteiger partial charge in [0.05, 0.1) is 22.0 Å². The molecule has 0 saturated heterocycles. The van der Waals surface area contributed by atoms with Crippen molar-refractivity contribution in [2.24, 2.45) is 0 Å². The molecule has 0 unspecified atom stereocenters. The normalized spacial score (nSPS) is 13.1. The fourth-order valence-electron chi connectivity index (χ4n) is 3.62. The third-order valence-electron chi connectivity index (χ3n) is 5.69. The van der Waals surface area contributed by atoms with E-state index in [1.807, 2.05) is 52.0 Å². The molecule has 2 amide bonds. The highest BCUT2D eigenvalue weighted by molar-refractivity contribution is 7.92. The zero-order valence-electron chi connectivity index (χ0n) is 20.7. The van der Waals surface area contributed by atoms with Crippen molar-refractivity contribution in [3.8, 4) is 0 Å². The maximum absolute atomic E-state index is 13.7. The number of sulfonamides is 1. The SMILES string of the molecule is CC[C@@H](C)NC(=O)[C@H](CC)N(Cc1cccc(C)c1)C(=O)CN(c1ccc(Cl)c(Cl)c1)S(C)(=O)=O. The van der Waals surface area contributed by atoms with E-state index in [9.17, 15) is 18.0 Å². The minimum absolute atomic E-state index is 0.0591. The van der Waals surface area contributed by atoms with Crippen LogP contribution in [-0.4, -0.2) is 50.0 Å². The average molecular weight is 543 g/mol. The van der Waals surface area contributed by atoms with Crippen LogP contribution in [0.5, 0.6) is 0 Å². The van der Waals surface area contributed by atoms with Crippen molar-refractivity contribution in [3.05, 3.63) is 63.6 Å². The molecule has 0 radical (unpaired) electrons. The lowest BCUT2D eigenvalue weighted by Gasteiger charge is -2.33. The minimum Gasteiger partial charge on any atom is -0.352 e. The maximum Gasteiger partial charge on any atom is 0.244 e. The third kappa shape index (κ3) is 8.12. The molecule has 192 valence electrons. The summed E-state index contributed by atoms with van der Waals surface area (Å²) in [5.41, 5.74) is 2.07. The first-order valence-corrected chi connectivity index (χ1v) is 14.1. The maximum atomic E-state index is 13.7. The number of rotatable bonds is 11. The van der Waals surface area contributed by atoms with Crippen LogP contribution in [-0.2, 0) is 26.2 Å². The highest BCUT2D eigenvalue weighted by Gasteiger charge is 2.32. The second kappa shape index (κ2) is 12.6. The molecule has 0 bridgehead atoms. The van der Waals surface area contributed by atoms with Gasteiger partial charge in [0.25, 0.3) is 0 Å². The van der Waals surface area contributed by atoms with E-state index in [0.29, 0.717) is 6.42 Å². The second-order valence-electron chi connectivity index (χ2n) is 8.62. The zero-order valence-corrected chi connectivity index (χ0v) is 23.0. The van der Waals surface area contributed by atoms with Crippen LogP contribution < -0.4 is 9.62 Å². The Balaban J connectivity index is 2.46. The number of hydrogen-bond acceptors (Lipinski definition) is 4. The first-order valence-electron chi connectivity index (χ1n) is 11.5. The number of carbonyl (C=O) groups is 2. The standard InChI is InChI=1S/C25H33Cl2N3O4S/c1-6-18(4)28-25(32)23(7-2)29(15-19-10-8-9-17(3)13-19)24(31)16-30(35(5,33)34)20-11-12-21(26)22(27)14-20/h8-14,18,23H,6-7,15-16H2,1-5H3,(H,28,32)/t18-,23+/m1/s1. The van der Waals surface area contributed by atoms with Crippen LogP contribution in [0.1, 0.15) is 44.7 Å². The summed E-state index contributed by atoms with van der Waals surface area (Å²) in [6.07, 6.45) is 2.12. The fraction of sp³-hybridized carbons (Fsp3) is 0.440. The van der Waals surface area contributed by atoms with Crippen molar-refractivity contribution in [1.82, 2.24) is 10.2 Å². The largest absolute Gasteiger partial charge is 0.352 e. The number of nitrogens with zero attached hydrogens (tertiary/aromatic N) is 2. The van der Waals surface area contributed by atoms with Crippen LogP contribution in [0.3, 0.4) is 0 Å². The van der Waals surface area contributed by atoms with Crippen LogP contribution >= 0.6 is 23.2 Å². The Kier molecular flexibility index (Phi) is 10.4. The number of halogens is 2. The van der Waals surface area contributed by atoms with Crippen LogP contribution in [0.4, 0.5) is 5.69 Å². The van der Waals surface area contributed by atoms with Crippen LogP contribution in [0.25, 0.3) is 0 Å². The molecule has 0 heterocycles. The summed E-state index contributed by atoms with van der Waals surface area (Å²) >= 11 is 12.1. The van der Waals surface area contributed by atoms with Gasteiger partial charge in [-0.2, -0.15) is 0 Å². The topological polar surface area (TPSA) is 86.8 Å². The van der Waals surface area contributed by atoms with Crippen molar-refractivity contribution in [2.75, 3.05) is 17.1 Å². The molecular formula is C25H33Cl2N3O4S. The van der Waals surface area contributed by atoms with Crippen LogP contribution in [0.15, 0.2) is 42.5 Å². The first kappa shape index (κ1) is 28.9. The molecule has 0 fully saturated rings. The van der Waals surface area contributed by atoms with Crippen molar-refractivity contribution in [1.29, 1.82) is 0 Å². The predicted octanol–water partition coefficient (Wildman–Crippen LogP) is 4.79. The summed E-state index contributed by atoms with van der Waals surface area (Å²) in [6, 6.07) is 11.2. The van der Waals surface area contributed by atoms with Crippen molar-refractivity contribution < 1.29 is 18.0 Å². The number of hydrogen-bond donors (Lipinski definition) is 1. The van der Waals surface area contributed by atoms with Crippen molar-refractivity contribution in [2.45, 2.75) is 59.2 Å². The molecule has 1 N–H and O–H groups in total. The Morgan fingerprint density at radius 1 is 1.03 bits per heavy atom. The molecule has 35 heavy (non-hydrogen) atoms. The van der Waals surface area contributed by atoms with E-state index in [-0.39, 0.29) is 34.2 Å². The highest BCUT2D eigenvalue weighted by Crippen LogP contribution is 2.28. The van der Waals surface area contributed by atoms with E-state index in [2.05, 4.69) is 5.32 Å². The Morgan fingerprint density at radius 2 is 1.71 bits per heavy atom. The zero-order chi connectivity index (χ0) is 26.3. The predicted molar refractivity (Wildman–Crippen MR) is 142 cm³/mol. The highest BCUT2D eigenvalue weighted by atomic mass is 35.5. The van der Waals surface area contributed by atoms with Crippen LogP contribution in [0, 0.1) is 6.92 Å². The molecule has 10 heteroatoms. The van der Waals surface area contributed by atoms with Crippen LogP contribution in [0.2, 0.25) is 10.0 Å². The van der Waals surface area contributed by atoms with E-state index in [0.717, 1.165) is 28.1 Å². The summed E-state index contributed by atoms with van der Waals surface area (Å²) < 4.78 is 26.3. The van der Waals surface area contributed by atoms with Gasteiger partial charge in [0.15, 0.2) is 0 Å². The summed E-state index contributed by atoms with van der Waals surface area (Å²) in [5.74, 6) is -0.780. The Morgan fingerprint density at radius 3 is 2.26 bits per heavy atom. The quantitative estimate of drug-likeness (QED) is 0.443. The van der Waals surface area contributed by atoms with E-state index < -0.39 is 28.5 Å². The molecule has 0 saturated carbocycles. The van der Waals surface area contributed by atoms with Gasteiger partial charge in [-0.05, 0) is 50.5 Å². The molecule has 0 aliphatic heterocycles. The summed E-state index contributed by atoms with van der Waals surface area (Å²) in [7, 11) is -3.85. The number of aryl methyl sites for hydroxylation is 1. The molecule has 2 aromatic carbocycles. The molecule has 0 aromatic heterocycles. The van der Waals surface area contributed by atoms with Gasteiger partial charge in [0.2, 0.25) is 21.8 Å². The molecule has 2 aromatic rings. The lowest BCUT2D eigenvalue weighted by molar-refractivity contribution is -0.140. The molecule has 0 spiro atoms. The smallest absolute Gasteiger partial charge is 0.244 e. The minimum atomic E-state index is -3.85. The monoisotopic (exact) mass is 541 g/mol. The van der Waals surface area contributed by atoms with E-state index in [1.165, 1.54) is 23.1 Å². The van der Waals surface area contributed by atoms with Gasteiger partial charge in [-0.15, -0.1) is 0 Å². The number of carbonyl (C=O) groups excluding carboxylic acids is 2. The van der Waals surface area contributed by atoms with Gasteiger partial charge in [-0.3, -0.25) is 13.9 Å². The first-order chi connectivity index (χ1) is 16.4. The lowest BCUT2D eigenvalue weighted by atomic mass is 10.1. The van der Waals surface area contributed by atoms with E-state index >= 15 is 0 Å². The summed E-state index contributed by atoms with van der Waals surface area (Å²) in [6.45, 7) is 7.29. The van der Waals surface area contributed by atoms with Gasteiger partial charge >= 0.3 is 0 Å². The fourth-order valence-corrected chi connectivity index (χ4v) is 4.76. The lowest BCUT2D eigenvalue weighted by Crippen LogP contribution is -2.53. The molecule has 0 aliphatic carbocycles. The van der Waals surface area contributed by atoms with Gasteiger partial charge in [0, 0.05) is 12.6 Å². The Bertz CT molecular complexity index is 1160. The Hall–Kier alpha value is -2.29. The molecule has 2 rings (SSSR count). The Labute approximate surface area is 218 Å². The average Bonchev–Trinajstić information content (AvgIpc) is 2.78. The van der Waals surface area contributed by atoms with Crippen molar-refractivity contribution in [3.63, 3.8) is 0 Å². The summed E-state index contributed by atoms with van der Waals surface area (Å²) in [5, 5.41) is 3.38. The second-order valence-corrected chi connectivity index (χ2v) is 11.3. The number of nitrogens with one attached hydrogen (secondary N) is 1. The van der Waals surface area contributed by atoms with Gasteiger partial charge in [-0.25, -0.2) is 8.42 Å².